The minimum atomic E-state index is 0.474. The molecular formula is C11H19NOS. The first-order valence-corrected chi connectivity index (χ1v) is 5.85. The maximum atomic E-state index is 5.13. The predicted octanol–water partition coefficient (Wildman–Crippen LogP) is 2.57. The Balaban J connectivity index is 2.31. The van der Waals surface area contributed by atoms with Crippen LogP contribution in [0, 0.1) is 6.92 Å². The highest BCUT2D eigenvalue weighted by atomic mass is 32.1. The maximum Gasteiger partial charge on any atom is 0.0615 e. The zero-order valence-corrected chi connectivity index (χ0v) is 9.99. The van der Waals surface area contributed by atoms with Gasteiger partial charge in [-0.3, -0.25) is 0 Å². The molecule has 2 nitrogen and oxygen atoms in total. The van der Waals surface area contributed by atoms with Gasteiger partial charge in [-0.15, -0.1) is 11.3 Å². The van der Waals surface area contributed by atoms with E-state index in [9.17, 15) is 0 Å². The Morgan fingerprint density at radius 3 is 2.79 bits per heavy atom. The third-order valence-corrected chi connectivity index (χ3v) is 3.22. The summed E-state index contributed by atoms with van der Waals surface area (Å²) in [5, 5.41) is 3.49. The molecule has 1 rings (SSSR count). The molecule has 1 N–H and O–H groups in total. The van der Waals surface area contributed by atoms with Crippen LogP contribution in [0.5, 0.6) is 0 Å². The molecule has 0 aromatic carbocycles. The zero-order chi connectivity index (χ0) is 10.4. The average molecular weight is 213 g/mol. The van der Waals surface area contributed by atoms with Gasteiger partial charge in [-0.05, 0) is 25.5 Å². The molecule has 0 aliphatic rings. The summed E-state index contributed by atoms with van der Waals surface area (Å²) in [5.41, 5.74) is 0. The minimum Gasteiger partial charge on any atom is -0.383 e. The lowest BCUT2D eigenvalue weighted by atomic mass is 10.2. The summed E-state index contributed by atoms with van der Waals surface area (Å²) in [7, 11) is 1.75. The monoisotopic (exact) mass is 213 g/mol. The van der Waals surface area contributed by atoms with E-state index in [0.717, 1.165) is 19.6 Å². The lowest BCUT2D eigenvalue weighted by molar-refractivity contribution is 0.164. The van der Waals surface area contributed by atoms with Crippen molar-refractivity contribution in [2.45, 2.75) is 32.9 Å². The molecule has 80 valence electrons. The number of thiophene rings is 1. The van der Waals surface area contributed by atoms with E-state index < -0.39 is 0 Å². The van der Waals surface area contributed by atoms with Crippen LogP contribution in [-0.2, 0) is 11.3 Å². The van der Waals surface area contributed by atoms with Gasteiger partial charge in [0.2, 0.25) is 0 Å². The van der Waals surface area contributed by atoms with E-state index in [1.807, 2.05) is 11.3 Å². The minimum absolute atomic E-state index is 0.474. The molecule has 1 atom stereocenters. The second-order valence-electron chi connectivity index (χ2n) is 3.45. The van der Waals surface area contributed by atoms with E-state index in [4.69, 9.17) is 4.74 Å². The molecule has 0 aliphatic heterocycles. The summed E-state index contributed by atoms with van der Waals surface area (Å²) in [5.74, 6) is 0. The van der Waals surface area contributed by atoms with Gasteiger partial charge in [-0.25, -0.2) is 0 Å². The van der Waals surface area contributed by atoms with Gasteiger partial charge < -0.3 is 10.1 Å². The van der Waals surface area contributed by atoms with E-state index in [1.165, 1.54) is 9.75 Å². The number of hydrogen-bond acceptors (Lipinski definition) is 3. The fourth-order valence-electron chi connectivity index (χ4n) is 1.35. The van der Waals surface area contributed by atoms with E-state index >= 15 is 0 Å². The van der Waals surface area contributed by atoms with Crippen molar-refractivity contribution < 1.29 is 4.74 Å². The van der Waals surface area contributed by atoms with Gasteiger partial charge in [-0.2, -0.15) is 0 Å². The molecule has 0 spiro atoms. The normalized spacial score (nSPS) is 13.1. The number of ether oxygens (including phenoxy) is 1. The molecule has 3 heteroatoms. The van der Waals surface area contributed by atoms with Crippen LogP contribution < -0.4 is 5.32 Å². The summed E-state index contributed by atoms with van der Waals surface area (Å²) >= 11 is 1.85. The second-order valence-corrected chi connectivity index (χ2v) is 4.83. The zero-order valence-electron chi connectivity index (χ0n) is 9.17. The Kier molecular flexibility index (Phi) is 5.15. The van der Waals surface area contributed by atoms with Crippen molar-refractivity contribution in [1.82, 2.24) is 5.32 Å². The van der Waals surface area contributed by atoms with Crippen molar-refractivity contribution >= 4 is 11.3 Å². The quantitative estimate of drug-likeness (QED) is 0.784. The molecule has 14 heavy (non-hydrogen) atoms. The van der Waals surface area contributed by atoms with Gasteiger partial charge in [0.05, 0.1) is 6.61 Å². The Morgan fingerprint density at radius 2 is 2.29 bits per heavy atom. The fraction of sp³-hybridized carbons (Fsp3) is 0.636. The van der Waals surface area contributed by atoms with Crippen molar-refractivity contribution in [3.8, 4) is 0 Å². The van der Waals surface area contributed by atoms with Gasteiger partial charge in [0.1, 0.15) is 0 Å². The Labute approximate surface area is 90.3 Å². The highest BCUT2D eigenvalue weighted by molar-refractivity contribution is 7.11. The summed E-state index contributed by atoms with van der Waals surface area (Å²) in [6.07, 6.45) is 1.11. The topological polar surface area (TPSA) is 21.3 Å². The average Bonchev–Trinajstić information content (AvgIpc) is 2.59. The highest BCUT2D eigenvalue weighted by Crippen LogP contribution is 2.14. The van der Waals surface area contributed by atoms with Crippen molar-refractivity contribution in [2.75, 3.05) is 13.7 Å². The smallest absolute Gasteiger partial charge is 0.0615 e. The number of rotatable bonds is 6. The van der Waals surface area contributed by atoms with Crippen LogP contribution in [0.25, 0.3) is 0 Å². The number of aryl methyl sites for hydroxylation is 1. The number of hydrogen-bond donors (Lipinski definition) is 1. The van der Waals surface area contributed by atoms with Crippen LogP contribution in [0.2, 0.25) is 0 Å². The van der Waals surface area contributed by atoms with E-state index in [0.29, 0.717) is 6.04 Å². The van der Waals surface area contributed by atoms with Crippen molar-refractivity contribution in [3.05, 3.63) is 21.9 Å². The molecule has 0 amide bonds. The summed E-state index contributed by atoms with van der Waals surface area (Å²) in [6, 6.07) is 4.83. The van der Waals surface area contributed by atoms with Crippen LogP contribution in [0.1, 0.15) is 23.1 Å². The van der Waals surface area contributed by atoms with Gasteiger partial charge in [-0.1, -0.05) is 6.92 Å². The van der Waals surface area contributed by atoms with Crippen LogP contribution in [0.4, 0.5) is 0 Å². The Morgan fingerprint density at radius 1 is 1.50 bits per heavy atom. The van der Waals surface area contributed by atoms with Crippen LogP contribution in [0.3, 0.4) is 0 Å². The van der Waals surface area contributed by atoms with Crippen molar-refractivity contribution in [2.24, 2.45) is 0 Å². The summed E-state index contributed by atoms with van der Waals surface area (Å²) in [4.78, 5) is 2.78. The molecule has 0 saturated heterocycles. The van der Waals surface area contributed by atoms with Gasteiger partial charge in [0, 0.05) is 29.5 Å². The highest BCUT2D eigenvalue weighted by Gasteiger charge is 2.05. The number of methoxy groups -OCH3 is 1. The largest absolute Gasteiger partial charge is 0.383 e. The second kappa shape index (κ2) is 6.17. The van der Waals surface area contributed by atoms with Crippen molar-refractivity contribution in [1.29, 1.82) is 0 Å². The van der Waals surface area contributed by atoms with E-state index in [2.05, 4.69) is 31.3 Å². The predicted molar refractivity (Wildman–Crippen MR) is 61.9 cm³/mol. The molecule has 1 heterocycles. The standard InChI is InChI=1S/C11H19NOS/c1-4-10(8-13-3)12-7-11-6-5-9(2)14-11/h5-6,10,12H,4,7-8H2,1-3H3. The first-order valence-electron chi connectivity index (χ1n) is 5.04. The van der Waals surface area contributed by atoms with Crippen molar-refractivity contribution in [3.63, 3.8) is 0 Å². The number of nitrogens with one attached hydrogen (secondary N) is 1. The lowest BCUT2D eigenvalue weighted by Gasteiger charge is -2.14. The Hall–Kier alpha value is -0.380. The van der Waals surface area contributed by atoms with Gasteiger partial charge >= 0.3 is 0 Å². The molecule has 1 aromatic rings. The van der Waals surface area contributed by atoms with Gasteiger partial charge in [0.15, 0.2) is 0 Å². The molecule has 0 aliphatic carbocycles. The SMILES string of the molecule is CCC(COC)NCc1ccc(C)s1. The molecular weight excluding hydrogens is 194 g/mol. The van der Waals surface area contributed by atoms with Crippen LogP contribution >= 0.6 is 11.3 Å². The Bertz CT molecular complexity index is 260. The molecule has 1 unspecified atom stereocenters. The molecule has 0 bridgehead atoms. The van der Waals surface area contributed by atoms with Crippen LogP contribution in [-0.4, -0.2) is 19.8 Å². The third kappa shape index (κ3) is 3.78. The van der Waals surface area contributed by atoms with E-state index in [1.54, 1.807) is 7.11 Å². The fourth-order valence-corrected chi connectivity index (χ4v) is 2.19. The lowest BCUT2D eigenvalue weighted by Crippen LogP contribution is -2.31. The first kappa shape index (κ1) is 11.7. The molecule has 1 aromatic heterocycles. The molecule has 0 fully saturated rings. The van der Waals surface area contributed by atoms with Gasteiger partial charge in [0.25, 0.3) is 0 Å². The van der Waals surface area contributed by atoms with Crippen LogP contribution in [0.15, 0.2) is 12.1 Å². The first-order chi connectivity index (χ1) is 6.76. The maximum absolute atomic E-state index is 5.13. The summed E-state index contributed by atoms with van der Waals surface area (Å²) < 4.78 is 5.13. The molecule has 0 radical (unpaired) electrons. The van der Waals surface area contributed by atoms with E-state index in [-0.39, 0.29) is 0 Å². The summed E-state index contributed by atoms with van der Waals surface area (Å²) in [6.45, 7) is 6.07. The molecule has 0 saturated carbocycles. The third-order valence-electron chi connectivity index (χ3n) is 2.22.